The zero-order valence-electron chi connectivity index (χ0n) is 8.73. The van der Waals surface area contributed by atoms with Crippen LogP contribution in [0.2, 0.25) is 0 Å². The van der Waals surface area contributed by atoms with Gasteiger partial charge in [-0.25, -0.2) is 4.98 Å². The summed E-state index contributed by atoms with van der Waals surface area (Å²) in [5.74, 6) is 1.43. The SMILES string of the molecule is CCC(C)CCOc1ccc(O)cn1. The Morgan fingerprint density at radius 2 is 2.29 bits per heavy atom. The van der Waals surface area contributed by atoms with Crippen molar-refractivity contribution in [1.29, 1.82) is 0 Å². The van der Waals surface area contributed by atoms with E-state index >= 15 is 0 Å². The first-order chi connectivity index (χ1) is 6.72. The molecule has 1 aromatic heterocycles. The summed E-state index contributed by atoms with van der Waals surface area (Å²) in [7, 11) is 0. The highest BCUT2D eigenvalue weighted by molar-refractivity contribution is 5.20. The van der Waals surface area contributed by atoms with Gasteiger partial charge >= 0.3 is 0 Å². The lowest BCUT2D eigenvalue weighted by molar-refractivity contribution is 0.271. The van der Waals surface area contributed by atoms with E-state index in [2.05, 4.69) is 18.8 Å². The van der Waals surface area contributed by atoms with Crippen molar-refractivity contribution < 1.29 is 9.84 Å². The van der Waals surface area contributed by atoms with Crippen LogP contribution in [0.4, 0.5) is 0 Å². The Morgan fingerprint density at radius 3 is 2.86 bits per heavy atom. The van der Waals surface area contributed by atoms with Crippen molar-refractivity contribution in [2.24, 2.45) is 5.92 Å². The van der Waals surface area contributed by atoms with Gasteiger partial charge in [0.15, 0.2) is 0 Å². The van der Waals surface area contributed by atoms with Gasteiger partial charge in [-0.2, -0.15) is 0 Å². The molecule has 1 heterocycles. The van der Waals surface area contributed by atoms with Crippen LogP contribution in [0.3, 0.4) is 0 Å². The largest absolute Gasteiger partial charge is 0.506 e. The second kappa shape index (κ2) is 5.47. The van der Waals surface area contributed by atoms with Crippen molar-refractivity contribution in [3.63, 3.8) is 0 Å². The number of rotatable bonds is 5. The van der Waals surface area contributed by atoms with E-state index in [0.29, 0.717) is 18.4 Å². The van der Waals surface area contributed by atoms with E-state index < -0.39 is 0 Å². The van der Waals surface area contributed by atoms with Crippen LogP contribution in [0.1, 0.15) is 26.7 Å². The molecule has 1 rings (SSSR count). The van der Waals surface area contributed by atoms with Gasteiger partial charge in [-0.05, 0) is 18.4 Å². The third-order valence-electron chi connectivity index (χ3n) is 2.28. The topological polar surface area (TPSA) is 42.4 Å². The summed E-state index contributed by atoms with van der Waals surface area (Å²) < 4.78 is 5.41. The van der Waals surface area contributed by atoms with Crippen LogP contribution in [0.25, 0.3) is 0 Å². The van der Waals surface area contributed by atoms with Gasteiger partial charge in [0, 0.05) is 6.07 Å². The molecule has 0 aliphatic rings. The minimum absolute atomic E-state index is 0.166. The first-order valence-corrected chi connectivity index (χ1v) is 5.00. The van der Waals surface area contributed by atoms with Gasteiger partial charge in [0.1, 0.15) is 5.75 Å². The third kappa shape index (κ3) is 3.64. The molecule has 0 radical (unpaired) electrons. The number of hydrogen-bond acceptors (Lipinski definition) is 3. The van der Waals surface area contributed by atoms with Crippen LogP contribution < -0.4 is 4.74 Å². The molecule has 1 aromatic rings. The quantitative estimate of drug-likeness (QED) is 0.785. The van der Waals surface area contributed by atoms with Crippen molar-refractivity contribution in [1.82, 2.24) is 4.98 Å². The molecule has 0 spiro atoms. The van der Waals surface area contributed by atoms with Crippen LogP contribution in [0, 0.1) is 5.92 Å². The number of nitrogens with zero attached hydrogens (tertiary/aromatic N) is 1. The van der Waals surface area contributed by atoms with Crippen molar-refractivity contribution in [3.8, 4) is 11.6 Å². The van der Waals surface area contributed by atoms with Crippen LogP contribution in [0.5, 0.6) is 11.6 Å². The van der Waals surface area contributed by atoms with E-state index in [9.17, 15) is 0 Å². The minimum atomic E-state index is 0.166. The summed E-state index contributed by atoms with van der Waals surface area (Å²) in [5, 5.41) is 8.99. The molecule has 3 nitrogen and oxygen atoms in total. The van der Waals surface area contributed by atoms with E-state index in [-0.39, 0.29) is 5.75 Å². The van der Waals surface area contributed by atoms with Gasteiger partial charge in [0.05, 0.1) is 12.8 Å². The lowest BCUT2D eigenvalue weighted by Gasteiger charge is -2.08. The van der Waals surface area contributed by atoms with Gasteiger partial charge in [-0.15, -0.1) is 0 Å². The molecule has 0 saturated carbocycles. The maximum Gasteiger partial charge on any atom is 0.213 e. The highest BCUT2D eigenvalue weighted by Crippen LogP contribution is 2.13. The van der Waals surface area contributed by atoms with Gasteiger partial charge in [0.2, 0.25) is 5.88 Å². The van der Waals surface area contributed by atoms with Crippen LogP contribution >= 0.6 is 0 Å². The van der Waals surface area contributed by atoms with E-state index in [1.54, 1.807) is 12.1 Å². The molecule has 1 N–H and O–H groups in total. The average molecular weight is 195 g/mol. The Morgan fingerprint density at radius 1 is 1.50 bits per heavy atom. The molecule has 1 unspecified atom stereocenters. The highest BCUT2D eigenvalue weighted by atomic mass is 16.5. The maximum absolute atomic E-state index is 8.99. The molecule has 78 valence electrons. The zero-order valence-corrected chi connectivity index (χ0v) is 8.73. The normalized spacial score (nSPS) is 12.4. The van der Waals surface area contributed by atoms with Gasteiger partial charge in [-0.3, -0.25) is 0 Å². The first kappa shape index (κ1) is 10.8. The molecular weight excluding hydrogens is 178 g/mol. The third-order valence-corrected chi connectivity index (χ3v) is 2.28. The summed E-state index contributed by atoms with van der Waals surface area (Å²) in [4.78, 5) is 3.93. The predicted octanol–water partition coefficient (Wildman–Crippen LogP) is 2.60. The summed E-state index contributed by atoms with van der Waals surface area (Å²) >= 11 is 0. The monoisotopic (exact) mass is 195 g/mol. The molecule has 0 fully saturated rings. The molecular formula is C11H17NO2. The predicted molar refractivity (Wildman–Crippen MR) is 55.5 cm³/mol. The van der Waals surface area contributed by atoms with Crippen LogP contribution in [-0.4, -0.2) is 16.7 Å². The Kier molecular flexibility index (Phi) is 4.23. The van der Waals surface area contributed by atoms with Crippen molar-refractivity contribution in [2.45, 2.75) is 26.7 Å². The Balaban J connectivity index is 2.28. The molecule has 0 aromatic carbocycles. The lowest BCUT2D eigenvalue weighted by Crippen LogP contribution is -2.03. The van der Waals surface area contributed by atoms with Gasteiger partial charge in [-0.1, -0.05) is 20.3 Å². The van der Waals surface area contributed by atoms with E-state index in [0.717, 1.165) is 6.42 Å². The number of aromatic hydroxyl groups is 1. The average Bonchev–Trinajstić information content (AvgIpc) is 2.21. The summed E-state index contributed by atoms with van der Waals surface area (Å²) in [6, 6.07) is 3.25. The molecule has 0 bridgehead atoms. The Hall–Kier alpha value is -1.25. The molecule has 1 atom stereocenters. The number of hydrogen-bond donors (Lipinski definition) is 1. The second-order valence-electron chi connectivity index (χ2n) is 3.51. The van der Waals surface area contributed by atoms with E-state index in [1.807, 2.05) is 0 Å². The zero-order chi connectivity index (χ0) is 10.4. The summed E-state index contributed by atoms with van der Waals surface area (Å²) in [6.45, 7) is 5.06. The standard InChI is InChI=1S/C11H17NO2/c1-3-9(2)6-7-14-11-5-4-10(13)8-12-11/h4-5,8-9,13H,3,6-7H2,1-2H3. The lowest BCUT2D eigenvalue weighted by atomic mass is 10.1. The molecule has 0 aliphatic heterocycles. The Bertz CT molecular complexity index is 258. The fourth-order valence-electron chi connectivity index (χ4n) is 1.03. The van der Waals surface area contributed by atoms with Crippen molar-refractivity contribution in [3.05, 3.63) is 18.3 Å². The summed E-state index contributed by atoms with van der Waals surface area (Å²) in [5.41, 5.74) is 0. The van der Waals surface area contributed by atoms with E-state index in [4.69, 9.17) is 9.84 Å². The fraction of sp³-hybridized carbons (Fsp3) is 0.545. The van der Waals surface area contributed by atoms with Crippen molar-refractivity contribution in [2.75, 3.05) is 6.61 Å². The molecule has 14 heavy (non-hydrogen) atoms. The maximum atomic E-state index is 8.99. The number of pyridine rings is 1. The van der Waals surface area contributed by atoms with Crippen LogP contribution in [-0.2, 0) is 0 Å². The van der Waals surface area contributed by atoms with Gasteiger partial charge in [0.25, 0.3) is 0 Å². The van der Waals surface area contributed by atoms with Gasteiger partial charge < -0.3 is 9.84 Å². The minimum Gasteiger partial charge on any atom is -0.506 e. The Labute approximate surface area is 84.7 Å². The highest BCUT2D eigenvalue weighted by Gasteiger charge is 2.00. The molecule has 0 aliphatic carbocycles. The molecule has 3 heteroatoms. The summed E-state index contributed by atoms with van der Waals surface area (Å²) in [6.07, 6.45) is 3.60. The van der Waals surface area contributed by atoms with Crippen LogP contribution in [0.15, 0.2) is 18.3 Å². The molecule has 0 saturated heterocycles. The fourth-order valence-corrected chi connectivity index (χ4v) is 1.03. The number of ether oxygens (including phenoxy) is 1. The molecule has 0 amide bonds. The van der Waals surface area contributed by atoms with E-state index in [1.165, 1.54) is 12.6 Å². The second-order valence-corrected chi connectivity index (χ2v) is 3.51. The smallest absolute Gasteiger partial charge is 0.213 e. The van der Waals surface area contributed by atoms with Crippen molar-refractivity contribution >= 4 is 0 Å². The first-order valence-electron chi connectivity index (χ1n) is 5.00. The number of aromatic nitrogens is 1.